The molecule has 1 aromatic carbocycles. The monoisotopic (exact) mass is 380 g/mol. The second-order valence-electron chi connectivity index (χ2n) is 7.82. The van der Waals surface area contributed by atoms with Crippen molar-refractivity contribution in [2.45, 2.75) is 58.2 Å². The van der Waals surface area contributed by atoms with Gasteiger partial charge in [-0.1, -0.05) is 0 Å². The predicted molar refractivity (Wildman–Crippen MR) is 105 cm³/mol. The second kappa shape index (κ2) is 10.3. The minimum Gasteiger partial charge on any atom is -0.494 e. The van der Waals surface area contributed by atoms with Crippen LogP contribution in [0.25, 0.3) is 0 Å². The Kier molecular flexibility index (Phi) is 8.72. The van der Waals surface area contributed by atoms with E-state index in [2.05, 4.69) is 5.32 Å². The molecular formula is C20H32N2O5. The molecule has 0 spiro atoms. The van der Waals surface area contributed by atoms with E-state index in [1.165, 1.54) is 0 Å². The quantitative estimate of drug-likeness (QED) is 0.291. The second-order valence-corrected chi connectivity index (χ2v) is 7.82. The van der Waals surface area contributed by atoms with Crippen molar-refractivity contribution in [3.8, 4) is 5.75 Å². The number of carbonyl (C=O) groups excluding carboxylic acids is 2. The van der Waals surface area contributed by atoms with Gasteiger partial charge in [-0.05, 0) is 52.7 Å². The highest BCUT2D eigenvalue weighted by Crippen LogP contribution is 2.19. The smallest absolute Gasteiger partial charge is 0.220 e. The Hall–Kier alpha value is -2.12. The molecule has 0 aliphatic heterocycles. The average molecular weight is 380 g/mol. The topological polar surface area (TPSA) is 111 Å². The Morgan fingerprint density at radius 3 is 2.59 bits per heavy atom. The fraction of sp³-hybridized carbons (Fsp3) is 0.600. The number of aldehydes is 1. The largest absolute Gasteiger partial charge is 0.494 e. The summed E-state index contributed by atoms with van der Waals surface area (Å²) < 4.78 is 11.2. The van der Waals surface area contributed by atoms with Crippen molar-refractivity contribution in [1.82, 2.24) is 5.32 Å². The zero-order chi connectivity index (χ0) is 20.5. The zero-order valence-corrected chi connectivity index (χ0v) is 16.7. The van der Waals surface area contributed by atoms with Crippen LogP contribution in [0.15, 0.2) is 18.2 Å². The number of hydrogen-bond acceptors (Lipinski definition) is 6. The summed E-state index contributed by atoms with van der Waals surface area (Å²) in [5, 5.41) is 12.6. The Morgan fingerprint density at radius 1 is 1.30 bits per heavy atom. The third-order valence-electron chi connectivity index (χ3n) is 3.87. The van der Waals surface area contributed by atoms with Crippen molar-refractivity contribution in [2.75, 3.05) is 25.5 Å². The summed E-state index contributed by atoms with van der Waals surface area (Å²) in [5.74, 6) is 0.525. The molecule has 7 nitrogen and oxygen atoms in total. The van der Waals surface area contributed by atoms with E-state index in [9.17, 15) is 14.7 Å². The van der Waals surface area contributed by atoms with Crippen LogP contribution < -0.4 is 15.8 Å². The average Bonchev–Trinajstić information content (AvgIpc) is 2.56. The highest BCUT2D eigenvalue weighted by molar-refractivity contribution is 5.83. The van der Waals surface area contributed by atoms with Gasteiger partial charge in [-0.15, -0.1) is 0 Å². The van der Waals surface area contributed by atoms with Crippen LogP contribution in [-0.4, -0.2) is 48.3 Å². The van der Waals surface area contributed by atoms with E-state index in [1.807, 2.05) is 13.8 Å². The number of ether oxygens (including phenoxy) is 2. The molecule has 0 radical (unpaired) electrons. The molecule has 0 aromatic heterocycles. The van der Waals surface area contributed by atoms with E-state index in [4.69, 9.17) is 15.2 Å². The first-order chi connectivity index (χ1) is 12.5. The lowest BCUT2D eigenvalue weighted by Gasteiger charge is -2.29. The maximum atomic E-state index is 11.9. The maximum absolute atomic E-state index is 11.9. The highest BCUT2D eigenvalue weighted by atomic mass is 16.5. The molecular weight excluding hydrogens is 348 g/mol. The first-order valence-electron chi connectivity index (χ1n) is 9.13. The molecule has 0 aliphatic carbocycles. The van der Waals surface area contributed by atoms with Gasteiger partial charge >= 0.3 is 0 Å². The van der Waals surface area contributed by atoms with Crippen molar-refractivity contribution in [3.05, 3.63) is 23.8 Å². The van der Waals surface area contributed by atoms with Crippen molar-refractivity contribution in [3.63, 3.8) is 0 Å². The Bertz CT molecular complexity index is 623. The maximum Gasteiger partial charge on any atom is 0.220 e. The van der Waals surface area contributed by atoms with Crippen LogP contribution in [-0.2, 0) is 9.53 Å². The normalized spacial score (nSPS) is 11.9. The van der Waals surface area contributed by atoms with Gasteiger partial charge in [0, 0.05) is 30.3 Å². The Balaban J connectivity index is 2.20. The summed E-state index contributed by atoms with van der Waals surface area (Å²) in [7, 11) is 0. The number of rotatable bonds is 12. The molecule has 1 rings (SSSR count). The Labute approximate surface area is 161 Å². The van der Waals surface area contributed by atoms with Gasteiger partial charge < -0.3 is 25.6 Å². The first-order valence-corrected chi connectivity index (χ1v) is 9.13. The number of benzene rings is 1. The SMILES string of the molecule is CC(C)(O)COC(C)(C)CCNC(=O)CCCOc1ccc(C=O)c(N)c1. The summed E-state index contributed by atoms with van der Waals surface area (Å²) in [6, 6.07) is 4.88. The molecule has 1 amide bonds. The highest BCUT2D eigenvalue weighted by Gasteiger charge is 2.23. The Morgan fingerprint density at radius 2 is 2.00 bits per heavy atom. The van der Waals surface area contributed by atoms with Crippen LogP contribution in [0.1, 0.15) is 57.3 Å². The number of aliphatic hydroxyl groups is 1. The van der Waals surface area contributed by atoms with E-state index < -0.39 is 11.2 Å². The van der Waals surface area contributed by atoms with Crippen LogP contribution >= 0.6 is 0 Å². The summed E-state index contributed by atoms with van der Waals surface area (Å²) in [6.07, 6.45) is 2.26. The summed E-state index contributed by atoms with van der Waals surface area (Å²) in [6.45, 7) is 8.37. The molecule has 27 heavy (non-hydrogen) atoms. The minimum atomic E-state index is -0.876. The third-order valence-corrected chi connectivity index (χ3v) is 3.87. The summed E-state index contributed by atoms with van der Waals surface area (Å²) in [4.78, 5) is 22.6. The first kappa shape index (κ1) is 22.9. The number of amides is 1. The van der Waals surface area contributed by atoms with Gasteiger partial charge in [-0.3, -0.25) is 9.59 Å². The van der Waals surface area contributed by atoms with Crippen LogP contribution in [0.3, 0.4) is 0 Å². The molecule has 4 N–H and O–H groups in total. The molecule has 0 bridgehead atoms. The summed E-state index contributed by atoms with van der Waals surface area (Å²) in [5.41, 5.74) is 5.21. The lowest BCUT2D eigenvalue weighted by Crippen LogP contribution is -2.37. The number of carbonyl (C=O) groups is 2. The van der Waals surface area contributed by atoms with E-state index in [0.29, 0.717) is 55.7 Å². The molecule has 152 valence electrons. The molecule has 0 atom stereocenters. The lowest BCUT2D eigenvalue weighted by molar-refractivity contribution is -0.122. The van der Waals surface area contributed by atoms with Gasteiger partial charge in [0.25, 0.3) is 0 Å². The van der Waals surface area contributed by atoms with Gasteiger partial charge in [-0.25, -0.2) is 0 Å². The van der Waals surface area contributed by atoms with Gasteiger partial charge in [0.05, 0.1) is 24.4 Å². The van der Waals surface area contributed by atoms with Crippen LogP contribution in [0.4, 0.5) is 5.69 Å². The van der Waals surface area contributed by atoms with Crippen molar-refractivity contribution < 1.29 is 24.2 Å². The van der Waals surface area contributed by atoms with Gasteiger partial charge in [-0.2, -0.15) is 0 Å². The molecule has 0 saturated carbocycles. The van der Waals surface area contributed by atoms with E-state index in [0.717, 1.165) is 0 Å². The standard InChI is InChI=1S/C20H32N2O5/c1-19(2,25)14-27-20(3,4)9-10-22-18(24)6-5-11-26-16-8-7-15(13-23)17(21)12-16/h7-8,12-13,25H,5-6,9-11,14,21H2,1-4H3,(H,22,24). The number of hydrogen-bond donors (Lipinski definition) is 3. The molecule has 0 unspecified atom stereocenters. The van der Waals surface area contributed by atoms with Crippen molar-refractivity contribution >= 4 is 17.9 Å². The third kappa shape index (κ3) is 9.96. The van der Waals surface area contributed by atoms with Crippen LogP contribution in [0, 0.1) is 0 Å². The zero-order valence-electron chi connectivity index (χ0n) is 16.7. The number of anilines is 1. The molecule has 7 heteroatoms. The van der Waals surface area contributed by atoms with Gasteiger partial charge in [0.1, 0.15) is 5.75 Å². The molecule has 0 aliphatic rings. The van der Waals surface area contributed by atoms with Crippen molar-refractivity contribution in [2.24, 2.45) is 0 Å². The van der Waals surface area contributed by atoms with Crippen LogP contribution in [0.5, 0.6) is 5.75 Å². The van der Waals surface area contributed by atoms with Gasteiger partial charge in [0.2, 0.25) is 5.91 Å². The predicted octanol–water partition coefficient (Wildman–Crippen LogP) is 2.31. The lowest BCUT2D eigenvalue weighted by atomic mass is 10.0. The van der Waals surface area contributed by atoms with E-state index in [-0.39, 0.29) is 12.5 Å². The van der Waals surface area contributed by atoms with E-state index in [1.54, 1.807) is 32.0 Å². The van der Waals surface area contributed by atoms with E-state index >= 15 is 0 Å². The molecule has 0 heterocycles. The van der Waals surface area contributed by atoms with Gasteiger partial charge in [0.15, 0.2) is 6.29 Å². The summed E-state index contributed by atoms with van der Waals surface area (Å²) >= 11 is 0. The molecule has 0 saturated heterocycles. The van der Waals surface area contributed by atoms with Crippen molar-refractivity contribution in [1.29, 1.82) is 0 Å². The fourth-order valence-corrected chi connectivity index (χ4v) is 2.21. The molecule has 0 fully saturated rings. The minimum absolute atomic E-state index is 0.0484. The molecule has 1 aromatic rings. The number of nitrogen functional groups attached to an aromatic ring is 1. The van der Waals surface area contributed by atoms with Crippen LogP contribution in [0.2, 0.25) is 0 Å². The fourth-order valence-electron chi connectivity index (χ4n) is 2.21. The number of nitrogens with one attached hydrogen (secondary N) is 1. The number of nitrogens with two attached hydrogens (primary N) is 1.